The molecule has 1 aliphatic rings. The molecule has 2 N–H and O–H groups in total. The number of primary amides is 1. The molecule has 0 bridgehead atoms. The van der Waals surface area contributed by atoms with E-state index in [2.05, 4.69) is 36.1 Å². The lowest BCUT2D eigenvalue weighted by Gasteiger charge is -2.37. The van der Waals surface area contributed by atoms with E-state index >= 15 is 0 Å². The third-order valence-electron chi connectivity index (χ3n) is 6.50. The van der Waals surface area contributed by atoms with E-state index in [1.54, 1.807) is 35.9 Å². The van der Waals surface area contributed by atoms with Crippen molar-refractivity contribution in [3.05, 3.63) is 48.0 Å². The molecule has 3 unspecified atom stereocenters. The summed E-state index contributed by atoms with van der Waals surface area (Å²) < 4.78 is 11.8. The molecule has 1 saturated heterocycles. The molecule has 0 spiro atoms. The highest BCUT2D eigenvalue weighted by molar-refractivity contribution is 8.03. The maximum atomic E-state index is 13.3. The first-order valence-corrected chi connectivity index (χ1v) is 14.2. The number of nitriles is 1. The maximum absolute atomic E-state index is 13.3. The fourth-order valence-corrected chi connectivity index (χ4v) is 6.33. The molecule has 3 atom stereocenters. The van der Waals surface area contributed by atoms with Gasteiger partial charge in [-0.05, 0) is 35.2 Å². The zero-order valence-electron chi connectivity index (χ0n) is 21.9. The molecule has 1 heterocycles. The Labute approximate surface area is 226 Å². The summed E-state index contributed by atoms with van der Waals surface area (Å²) in [6, 6.07) is 15.1. The predicted octanol–water partition coefficient (Wildman–Crippen LogP) is 4.95. The van der Waals surface area contributed by atoms with Gasteiger partial charge in [-0.1, -0.05) is 39.0 Å². The molecule has 2 aromatic rings. The van der Waals surface area contributed by atoms with Gasteiger partial charge in [0.25, 0.3) is 0 Å². The van der Waals surface area contributed by atoms with Gasteiger partial charge in [-0.3, -0.25) is 9.59 Å². The number of ether oxygens (including phenoxy) is 2. The van der Waals surface area contributed by atoms with Crippen LogP contribution in [-0.2, 0) is 4.79 Å². The highest BCUT2D eigenvalue weighted by atomic mass is 32.2. The summed E-state index contributed by atoms with van der Waals surface area (Å²) in [5.41, 5.74) is 8.15. The van der Waals surface area contributed by atoms with Crippen molar-refractivity contribution in [2.24, 2.45) is 17.1 Å². The fourth-order valence-electron chi connectivity index (χ4n) is 4.63. The van der Waals surface area contributed by atoms with Crippen LogP contribution in [0.5, 0.6) is 11.5 Å². The van der Waals surface area contributed by atoms with Crippen molar-refractivity contribution in [1.29, 1.82) is 5.26 Å². The first-order valence-electron chi connectivity index (χ1n) is 12.3. The number of benzene rings is 2. The molecule has 9 heteroatoms. The SMILES string of the molecule is COc1ccccc1-c1cc(OC2CCN(C(=O)C(C#N)C(SCP)C(C)(C)C)CC2)cc(C(N)=O)c1. The van der Waals surface area contributed by atoms with E-state index in [-0.39, 0.29) is 22.7 Å². The Balaban J connectivity index is 1.73. The van der Waals surface area contributed by atoms with Crippen molar-refractivity contribution >= 4 is 32.8 Å². The quantitative estimate of drug-likeness (QED) is 0.450. The number of piperidine rings is 1. The zero-order chi connectivity index (χ0) is 27.2. The highest BCUT2D eigenvalue weighted by Crippen LogP contribution is 2.38. The number of likely N-dealkylation sites (tertiary alicyclic amines) is 1. The van der Waals surface area contributed by atoms with E-state index in [0.717, 1.165) is 16.6 Å². The molecule has 2 aromatic carbocycles. The summed E-state index contributed by atoms with van der Waals surface area (Å²) in [5.74, 6) is -0.121. The number of hydrogen-bond donors (Lipinski definition) is 1. The third-order valence-corrected chi connectivity index (χ3v) is 8.61. The lowest BCUT2D eigenvalue weighted by Crippen LogP contribution is -2.48. The van der Waals surface area contributed by atoms with Gasteiger partial charge < -0.3 is 20.1 Å². The van der Waals surface area contributed by atoms with Gasteiger partial charge in [0.2, 0.25) is 11.8 Å². The van der Waals surface area contributed by atoms with Gasteiger partial charge in [-0.2, -0.15) is 17.0 Å². The zero-order valence-corrected chi connectivity index (χ0v) is 23.9. The normalized spacial score (nSPS) is 15.9. The van der Waals surface area contributed by atoms with Crippen LogP contribution in [0.2, 0.25) is 0 Å². The molecule has 37 heavy (non-hydrogen) atoms. The highest BCUT2D eigenvalue weighted by Gasteiger charge is 2.39. The van der Waals surface area contributed by atoms with Gasteiger partial charge in [-0.25, -0.2) is 0 Å². The number of thioether (sulfide) groups is 1. The monoisotopic (exact) mass is 541 g/mol. The van der Waals surface area contributed by atoms with E-state index in [1.165, 1.54) is 0 Å². The van der Waals surface area contributed by atoms with Crippen LogP contribution in [-0.4, -0.2) is 53.8 Å². The van der Waals surface area contributed by atoms with Gasteiger partial charge in [-0.15, -0.1) is 9.24 Å². The average Bonchev–Trinajstić information content (AvgIpc) is 2.88. The molecule has 3 rings (SSSR count). The Morgan fingerprint density at radius 2 is 1.89 bits per heavy atom. The van der Waals surface area contributed by atoms with Gasteiger partial charge >= 0.3 is 0 Å². The van der Waals surface area contributed by atoms with Crippen LogP contribution in [0.25, 0.3) is 11.1 Å². The average molecular weight is 542 g/mol. The Morgan fingerprint density at radius 3 is 2.46 bits per heavy atom. The van der Waals surface area contributed by atoms with E-state index in [9.17, 15) is 14.9 Å². The van der Waals surface area contributed by atoms with Crippen LogP contribution < -0.4 is 15.2 Å². The van der Waals surface area contributed by atoms with Gasteiger partial charge in [0.15, 0.2) is 0 Å². The van der Waals surface area contributed by atoms with Crippen molar-refractivity contribution < 1.29 is 19.1 Å². The lowest BCUT2D eigenvalue weighted by molar-refractivity contribution is -0.136. The topological polar surface area (TPSA) is 106 Å². The number of carbonyl (C=O) groups excluding carboxylic acids is 2. The fraction of sp³-hybridized carbons (Fsp3) is 0.464. The maximum Gasteiger partial charge on any atom is 0.248 e. The smallest absolute Gasteiger partial charge is 0.248 e. The van der Waals surface area contributed by atoms with Crippen molar-refractivity contribution in [2.45, 2.75) is 45.0 Å². The second kappa shape index (κ2) is 12.7. The number of rotatable bonds is 9. The van der Waals surface area contributed by atoms with Gasteiger partial charge in [0.05, 0.1) is 13.2 Å². The Kier molecular flexibility index (Phi) is 9.87. The lowest BCUT2D eigenvalue weighted by atomic mass is 9.83. The molecule has 0 radical (unpaired) electrons. The van der Waals surface area contributed by atoms with E-state index in [4.69, 9.17) is 15.2 Å². The summed E-state index contributed by atoms with van der Waals surface area (Å²) in [7, 11) is 4.27. The first-order chi connectivity index (χ1) is 17.6. The molecule has 7 nitrogen and oxygen atoms in total. The van der Waals surface area contributed by atoms with Gasteiger partial charge in [0, 0.05) is 47.8 Å². The molecule has 0 aliphatic carbocycles. The van der Waals surface area contributed by atoms with E-state index in [1.807, 2.05) is 30.3 Å². The number of hydrogen-bond acceptors (Lipinski definition) is 6. The molecular formula is C28H36N3O4PS. The van der Waals surface area contributed by atoms with Crippen molar-refractivity contribution in [3.8, 4) is 28.7 Å². The van der Waals surface area contributed by atoms with Gasteiger partial charge in [0.1, 0.15) is 23.5 Å². The van der Waals surface area contributed by atoms with Crippen molar-refractivity contribution in [3.63, 3.8) is 0 Å². The summed E-state index contributed by atoms with van der Waals surface area (Å²) >= 11 is 1.64. The van der Waals surface area contributed by atoms with Crippen molar-refractivity contribution in [2.75, 3.05) is 25.7 Å². The van der Waals surface area contributed by atoms with Crippen LogP contribution in [0.15, 0.2) is 42.5 Å². The Morgan fingerprint density at radius 1 is 1.22 bits per heavy atom. The number of methoxy groups -OCH3 is 1. The summed E-state index contributed by atoms with van der Waals surface area (Å²) in [4.78, 5) is 27.1. The van der Waals surface area contributed by atoms with Crippen LogP contribution in [0.4, 0.5) is 0 Å². The Bertz CT molecular complexity index is 1150. The minimum Gasteiger partial charge on any atom is -0.496 e. The van der Waals surface area contributed by atoms with E-state index < -0.39 is 11.8 Å². The van der Waals surface area contributed by atoms with Crippen LogP contribution >= 0.6 is 21.0 Å². The summed E-state index contributed by atoms with van der Waals surface area (Å²) in [5, 5.41) is 9.78. The molecule has 1 fully saturated rings. The summed E-state index contributed by atoms with van der Waals surface area (Å²) in [6.07, 6.45) is 1.13. The molecule has 1 aliphatic heterocycles. The van der Waals surface area contributed by atoms with Crippen LogP contribution in [0.1, 0.15) is 44.0 Å². The third kappa shape index (κ3) is 7.18. The minimum absolute atomic E-state index is 0.0959. The largest absolute Gasteiger partial charge is 0.496 e. The molecular weight excluding hydrogens is 505 g/mol. The Hall–Kier alpha value is -2.75. The standard InChI is InChI=1S/C28H36N3O4PS/c1-28(2,3)25(37-17-36)23(16-29)27(33)31-11-9-20(10-12-31)35-21-14-18(13-19(15-21)26(30)32)22-7-5-6-8-24(22)34-4/h5-8,13-15,20,23,25H,9-12,17,36H2,1-4H3,(H2,30,32). The molecule has 0 saturated carbocycles. The first kappa shape index (κ1) is 28.8. The minimum atomic E-state index is -0.696. The molecule has 0 aromatic heterocycles. The number of nitrogens with two attached hydrogens (primary N) is 1. The van der Waals surface area contributed by atoms with Crippen LogP contribution in [0, 0.1) is 22.7 Å². The van der Waals surface area contributed by atoms with Crippen LogP contribution in [0.3, 0.4) is 0 Å². The number of nitrogens with zero attached hydrogens (tertiary/aromatic N) is 2. The number of carbonyl (C=O) groups is 2. The summed E-state index contributed by atoms with van der Waals surface area (Å²) in [6.45, 7) is 7.24. The second-order valence-electron chi connectivity index (χ2n) is 10.2. The molecule has 2 amide bonds. The second-order valence-corrected chi connectivity index (χ2v) is 12.4. The predicted molar refractivity (Wildman–Crippen MR) is 152 cm³/mol. The van der Waals surface area contributed by atoms with E-state index in [0.29, 0.717) is 43.0 Å². The number of amides is 2. The number of para-hydroxylation sites is 1. The van der Waals surface area contributed by atoms with Crippen molar-refractivity contribution in [1.82, 2.24) is 4.90 Å². The molecule has 198 valence electrons.